The quantitative estimate of drug-likeness (QED) is 0.835. The van der Waals surface area contributed by atoms with E-state index in [2.05, 4.69) is 10.3 Å². The summed E-state index contributed by atoms with van der Waals surface area (Å²) in [5, 5.41) is 2.68. The number of halogens is 4. The molecule has 0 bridgehead atoms. The number of anilines is 2. The van der Waals surface area contributed by atoms with Crippen molar-refractivity contribution in [1.29, 1.82) is 0 Å². The molecule has 1 heterocycles. The van der Waals surface area contributed by atoms with Gasteiger partial charge in [-0.25, -0.2) is 4.98 Å². The van der Waals surface area contributed by atoms with Crippen LogP contribution in [0, 0.1) is 0 Å². The summed E-state index contributed by atoms with van der Waals surface area (Å²) >= 11 is 5.75. The summed E-state index contributed by atoms with van der Waals surface area (Å²) in [4.78, 5) is 3.74. The van der Waals surface area contributed by atoms with Gasteiger partial charge < -0.3 is 5.32 Å². The fourth-order valence-electron chi connectivity index (χ4n) is 1.62. The van der Waals surface area contributed by atoms with Crippen LogP contribution < -0.4 is 5.32 Å². The smallest absolute Gasteiger partial charge is 0.339 e. The number of para-hydroxylation sites is 1. The molecular formula is C13H10ClF3N2. The van der Waals surface area contributed by atoms with E-state index in [0.717, 1.165) is 6.07 Å². The van der Waals surface area contributed by atoms with E-state index in [4.69, 9.17) is 11.6 Å². The van der Waals surface area contributed by atoms with E-state index in [1.807, 2.05) is 0 Å². The molecule has 0 fully saturated rings. The molecule has 0 radical (unpaired) electrons. The first-order valence-corrected chi connectivity index (χ1v) is 5.99. The Morgan fingerprint density at radius 3 is 2.53 bits per heavy atom. The first-order chi connectivity index (χ1) is 9.02. The van der Waals surface area contributed by atoms with Gasteiger partial charge in [-0.3, -0.25) is 0 Å². The molecule has 0 saturated heterocycles. The van der Waals surface area contributed by atoms with Crippen LogP contribution in [-0.2, 0) is 12.1 Å². The van der Waals surface area contributed by atoms with Crippen molar-refractivity contribution in [2.45, 2.75) is 12.1 Å². The van der Waals surface area contributed by atoms with Crippen molar-refractivity contribution in [2.75, 3.05) is 5.32 Å². The highest BCUT2D eigenvalue weighted by molar-refractivity contribution is 6.17. The molecule has 19 heavy (non-hydrogen) atoms. The van der Waals surface area contributed by atoms with Gasteiger partial charge in [0.15, 0.2) is 0 Å². The van der Waals surface area contributed by atoms with Gasteiger partial charge in [-0.1, -0.05) is 18.2 Å². The predicted octanol–water partition coefficient (Wildman–Crippen LogP) is 4.58. The Hall–Kier alpha value is -1.75. The summed E-state index contributed by atoms with van der Waals surface area (Å²) in [6.45, 7) is 0. The molecule has 2 rings (SSSR count). The minimum atomic E-state index is -4.45. The zero-order valence-electron chi connectivity index (χ0n) is 9.71. The van der Waals surface area contributed by atoms with Crippen LogP contribution in [0.1, 0.15) is 11.1 Å². The third-order valence-electron chi connectivity index (χ3n) is 2.53. The number of nitrogens with zero attached hydrogens (tertiary/aromatic N) is 1. The summed E-state index contributed by atoms with van der Waals surface area (Å²) < 4.78 is 38.5. The molecule has 0 atom stereocenters. The summed E-state index contributed by atoms with van der Waals surface area (Å²) in [6.07, 6.45) is -3.15. The molecule has 2 nitrogen and oxygen atoms in total. The summed E-state index contributed by atoms with van der Waals surface area (Å²) in [6, 6.07) is 9.12. The number of pyridine rings is 1. The van der Waals surface area contributed by atoms with E-state index in [-0.39, 0.29) is 11.7 Å². The number of nitrogens with one attached hydrogen (secondary N) is 1. The van der Waals surface area contributed by atoms with Crippen LogP contribution >= 0.6 is 11.6 Å². The lowest BCUT2D eigenvalue weighted by atomic mass is 10.2. The maximum Gasteiger partial charge on any atom is 0.419 e. The minimum absolute atomic E-state index is 0.206. The topological polar surface area (TPSA) is 24.9 Å². The summed E-state index contributed by atoms with van der Waals surface area (Å²) in [5.74, 6) is -0.0234. The molecule has 0 aliphatic rings. The molecule has 0 aliphatic heterocycles. The highest BCUT2D eigenvalue weighted by Gasteiger charge is 2.34. The summed E-state index contributed by atoms with van der Waals surface area (Å²) in [5.41, 5.74) is 0.420. The van der Waals surface area contributed by atoms with Crippen LogP contribution in [0.5, 0.6) is 0 Å². The van der Waals surface area contributed by atoms with E-state index in [9.17, 15) is 13.2 Å². The molecule has 6 heteroatoms. The number of rotatable bonds is 3. The highest BCUT2D eigenvalue weighted by atomic mass is 35.5. The van der Waals surface area contributed by atoms with Crippen LogP contribution in [0.4, 0.5) is 24.7 Å². The molecule has 100 valence electrons. The van der Waals surface area contributed by atoms with Crippen LogP contribution in [0.15, 0.2) is 42.6 Å². The molecule has 1 aromatic heterocycles. The molecule has 1 aromatic carbocycles. The molecule has 0 saturated carbocycles. The number of hydrogen-bond donors (Lipinski definition) is 1. The lowest BCUT2D eigenvalue weighted by Gasteiger charge is -2.14. The van der Waals surface area contributed by atoms with E-state index in [1.54, 1.807) is 24.3 Å². The van der Waals surface area contributed by atoms with E-state index < -0.39 is 11.7 Å². The summed E-state index contributed by atoms with van der Waals surface area (Å²) in [7, 11) is 0. The number of hydrogen-bond acceptors (Lipinski definition) is 2. The minimum Gasteiger partial charge on any atom is -0.339 e. The van der Waals surface area contributed by atoms with Crippen LogP contribution in [-0.4, -0.2) is 4.98 Å². The Balaban J connectivity index is 2.39. The second kappa shape index (κ2) is 5.48. The molecule has 0 spiro atoms. The van der Waals surface area contributed by atoms with E-state index in [1.165, 1.54) is 12.3 Å². The first-order valence-electron chi connectivity index (χ1n) is 5.45. The molecular weight excluding hydrogens is 277 g/mol. The number of benzene rings is 1. The van der Waals surface area contributed by atoms with Gasteiger partial charge >= 0.3 is 6.18 Å². The Morgan fingerprint density at radius 2 is 1.84 bits per heavy atom. The second-order valence-electron chi connectivity index (χ2n) is 3.81. The van der Waals surface area contributed by atoms with Gasteiger partial charge in [-0.15, -0.1) is 11.6 Å². The Labute approximate surface area is 113 Å². The van der Waals surface area contributed by atoms with Crippen LogP contribution in [0.2, 0.25) is 0 Å². The molecule has 0 unspecified atom stereocenters. The highest BCUT2D eigenvalue weighted by Crippen LogP contribution is 2.35. The van der Waals surface area contributed by atoms with Gasteiger partial charge in [0, 0.05) is 17.8 Å². The zero-order valence-corrected chi connectivity index (χ0v) is 10.5. The Kier molecular flexibility index (Phi) is 3.95. The largest absolute Gasteiger partial charge is 0.419 e. The Morgan fingerprint density at radius 1 is 1.11 bits per heavy atom. The van der Waals surface area contributed by atoms with Gasteiger partial charge in [-0.2, -0.15) is 13.2 Å². The van der Waals surface area contributed by atoms with Gasteiger partial charge in [0.1, 0.15) is 5.82 Å². The monoisotopic (exact) mass is 286 g/mol. The van der Waals surface area contributed by atoms with Gasteiger partial charge in [-0.05, 0) is 23.8 Å². The third-order valence-corrected chi connectivity index (χ3v) is 2.82. The SMILES string of the molecule is FC(F)(F)c1cccnc1Nc1ccccc1CCl. The van der Waals surface area contributed by atoms with Gasteiger partial charge in [0.25, 0.3) is 0 Å². The predicted molar refractivity (Wildman–Crippen MR) is 68.5 cm³/mol. The van der Waals surface area contributed by atoms with E-state index >= 15 is 0 Å². The standard InChI is InChI=1S/C13H10ClF3N2/c14-8-9-4-1-2-6-11(9)19-12-10(13(15,16)17)5-3-7-18-12/h1-7H,8H2,(H,18,19). The van der Waals surface area contributed by atoms with Crippen molar-refractivity contribution in [3.63, 3.8) is 0 Å². The average molecular weight is 287 g/mol. The maximum atomic E-state index is 12.8. The number of alkyl halides is 4. The van der Waals surface area contributed by atoms with Crippen molar-refractivity contribution in [3.8, 4) is 0 Å². The molecule has 0 amide bonds. The third kappa shape index (κ3) is 3.17. The second-order valence-corrected chi connectivity index (χ2v) is 4.08. The maximum absolute atomic E-state index is 12.8. The van der Waals surface area contributed by atoms with Gasteiger partial charge in [0.05, 0.1) is 5.56 Å². The molecule has 1 N–H and O–H groups in total. The number of aromatic nitrogens is 1. The van der Waals surface area contributed by atoms with Crippen molar-refractivity contribution in [1.82, 2.24) is 4.98 Å². The lowest BCUT2D eigenvalue weighted by Crippen LogP contribution is -2.10. The Bertz CT molecular complexity index is 570. The van der Waals surface area contributed by atoms with Gasteiger partial charge in [0.2, 0.25) is 0 Å². The fraction of sp³-hybridized carbons (Fsp3) is 0.154. The lowest BCUT2D eigenvalue weighted by molar-refractivity contribution is -0.137. The van der Waals surface area contributed by atoms with Crippen LogP contribution in [0.25, 0.3) is 0 Å². The molecule has 2 aromatic rings. The van der Waals surface area contributed by atoms with Crippen molar-refractivity contribution in [2.24, 2.45) is 0 Å². The fourth-order valence-corrected chi connectivity index (χ4v) is 1.85. The normalized spacial score (nSPS) is 11.4. The van der Waals surface area contributed by atoms with Crippen molar-refractivity contribution < 1.29 is 13.2 Å². The first kappa shape index (κ1) is 13.7. The zero-order chi connectivity index (χ0) is 13.9. The van der Waals surface area contributed by atoms with Crippen LogP contribution in [0.3, 0.4) is 0 Å². The average Bonchev–Trinajstić information content (AvgIpc) is 2.39. The van der Waals surface area contributed by atoms with Crippen molar-refractivity contribution in [3.05, 3.63) is 53.7 Å². The van der Waals surface area contributed by atoms with Crippen molar-refractivity contribution >= 4 is 23.1 Å². The molecule has 0 aliphatic carbocycles. The van der Waals surface area contributed by atoms with E-state index in [0.29, 0.717) is 11.3 Å².